The van der Waals surface area contributed by atoms with Crippen molar-refractivity contribution in [3.05, 3.63) is 29.8 Å². The number of urea groups is 1. The number of hydrogen-bond donors (Lipinski definition) is 0. The second-order valence-electron chi connectivity index (χ2n) is 4.88. The van der Waals surface area contributed by atoms with Gasteiger partial charge in [0, 0.05) is 24.7 Å². The van der Waals surface area contributed by atoms with Gasteiger partial charge in [0.2, 0.25) is 5.91 Å². The molecule has 2 rings (SSSR count). The molecule has 0 spiro atoms. The molecule has 0 atom stereocenters. The van der Waals surface area contributed by atoms with Gasteiger partial charge in [-0.2, -0.15) is 0 Å². The molecule has 1 aromatic rings. The lowest BCUT2D eigenvalue weighted by Crippen LogP contribution is -2.55. The SMILES string of the molecule is Cc1ccc(N2CCC(=O)N(C(C)C)C2=O)cc1. The molecule has 1 aliphatic rings. The number of hydrogen-bond acceptors (Lipinski definition) is 2. The van der Waals surface area contributed by atoms with E-state index in [1.54, 1.807) is 4.90 Å². The smallest absolute Gasteiger partial charge is 0.293 e. The van der Waals surface area contributed by atoms with E-state index in [9.17, 15) is 9.59 Å². The van der Waals surface area contributed by atoms with E-state index in [0.29, 0.717) is 13.0 Å². The van der Waals surface area contributed by atoms with Crippen LogP contribution >= 0.6 is 0 Å². The van der Waals surface area contributed by atoms with Crippen molar-refractivity contribution in [3.63, 3.8) is 0 Å². The van der Waals surface area contributed by atoms with Crippen LogP contribution in [0.3, 0.4) is 0 Å². The first-order chi connectivity index (χ1) is 8.50. The fraction of sp³-hybridized carbons (Fsp3) is 0.429. The first-order valence-corrected chi connectivity index (χ1v) is 6.21. The number of nitrogens with zero attached hydrogens (tertiary/aromatic N) is 2. The highest BCUT2D eigenvalue weighted by Crippen LogP contribution is 2.22. The number of amides is 3. The van der Waals surface area contributed by atoms with Gasteiger partial charge in [0.25, 0.3) is 0 Å². The molecule has 1 heterocycles. The lowest BCUT2D eigenvalue weighted by molar-refractivity contribution is -0.130. The van der Waals surface area contributed by atoms with Gasteiger partial charge in [0.15, 0.2) is 0 Å². The minimum Gasteiger partial charge on any atom is -0.293 e. The molecule has 1 fully saturated rings. The van der Waals surface area contributed by atoms with Gasteiger partial charge >= 0.3 is 6.03 Å². The molecule has 4 heteroatoms. The zero-order valence-corrected chi connectivity index (χ0v) is 11.0. The molecule has 0 aromatic heterocycles. The second-order valence-corrected chi connectivity index (χ2v) is 4.88. The molecule has 0 bridgehead atoms. The Labute approximate surface area is 107 Å². The van der Waals surface area contributed by atoms with Gasteiger partial charge in [-0.3, -0.25) is 14.6 Å². The fourth-order valence-electron chi connectivity index (χ4n) is 2.13. The Morgan fingerprint density at radius 1 is 1.11 bits per heavy atom. The van der Waals surface area contributed by atoms with Crippen molar-refractivity contribution in [2.24, 2.45) is 0 Å². The van der Waals surface area contributed by atoms with E-state index in [-0.39, 0.29) is 18.0 Å². The van der Waals surface area contributed by atoms with Crippen molar-refractivity contribution in [1.29, 1.82) is 0 Å². The summed E-state index contributed by atoms with van der Waals surface area (Å²) in [6, 6.07) is 7.46. The maximum Gasteiger partial charge on any atom is 0.331 e. The molecule has 0 saturated carbocycles. The standard InChI is InChI=1S/C14H18N2O2/c1-10(2)16-13(17)8-9-15(14(16)18)12-6-4-11(3)5-7-12/h4-7,10H,8-9H2,1-3H3. The van der Waals surface area contributed by atoms with Crippen LogP contribution in [0.5, 0.6) is 0 Å². The third kappa shape index (κ3) is 2.23. The predicted molar refractivity (Wildman–Crippen MR) is 70.5 cm³/mol. The van der Waals surface area contributed by atoms with Crippen LogP contribution in [0, 0.1) is 6.92 Å². The highest BCUT2D eigenvalue weighted by Gasteiger charge is 2.34. The van der Waals surface area contributed by atoms with E-state index in [1.165, 1.54) is 4.90 Å². The maximum atomic E-state index is 12.3. The van der Waals surface area contributed by atoms with Crippen molar-refractivity contribution in [2.45, 2.75) is 33.2 Å². The minimum absolute atomic E-state index is 0.0849. The number of aryl methyl sites for hydroxylation is 1. The number of rotatable bonds is 2. The number of benzene rings is 1. The summed E-state index contributed by atoms with van der Waals surface area (Å²) in [6.07, 6.45) is 0.387. The number of imide groups is 1. The Hall–Kier alpha value is -1.84. The van der Waals surface area contributed by atoms with Crippen molar-refractivity contribution in [1.82, 2.24) is 4.90 Å². The van der Waals surface area contributed by atoms with Gasteiger partial charge in [0.05, 0.1) is 0 Å². The highest BCUT2D eigenvalue weighted by molar-refractivity contribution is 6.05. The lowest BCUT2D eigenvalue weighted by atomic mass is 10.1. The topological polar surface area (TPSA) is 40.6 Å². The summed E-state index contributed by atoms with van der Waals surface area (Å²) in [5.74, 6) is -0.0849. The normalized spacial score (nSPS) is 16.7. The molecular formula is C14H18N2O2. The molecule has 96 valence electrons. The van der Waals surface area contributed by atoms with Gasteiger partial charge in [-0.25, -0.2) is 4.79 Å². The van der Waals surface area contributed by atoms with Crippen LogP contribution in [0.15, 0.2) is 24.3 Å². The monoisotopic (exact) mass is 246 g/mol. The molecule has 0 radical (unpaired) electrons. The molecular weight excluding hydrogens is 228 g/mol. The molecule has 18 heavy (non-hydrogen) atoms. The van der Waals surface area contributed by atoms with E-state index in [0.717, 1.165) is 11.3 Å². The van der Waals surface area contributed by atoms with Crippen molar-refractivity contribution >= 4 is 17.6 Å². The number of carbonyl (C=O) groups excluding carboxylic acids is 2. The van der Waals surface area contributed by atoms with Crippen LogP contribution < -0.4 is 4.90 Å². The molecule has 1 aromatic carbocycles. The van der Waals surface area contributed by atoms with Crippen LogP contribution in [0.4, 0.5) is 10.5 Å². The summed E-state index contributed by atoms with van der Waals surface area (Å²) in [5, 5.41) is 0. The maximum absolute atomic E-state index is 12.3. The average Bonchev–Trinajstić information content (AvgIpc) is 2.30. The van der Waals surface area contributed by atoms with E-state index in [1.807, 2.05) is 45.0 Å². The molecule has 3 amide bonds. The average molecular weight is 246 g/mol. The van der Waals surface area contributed by atoms with Gasteiger partial charge in [-0.1, -0.05) is 17.7 Å². The highest BCUT2D eigenvalue weighted by atomic mass is 16.2. The van der Waals surface area contributed by atoms with E-state index in [2.05, 4.69) is 0 Å². The molecule has 1 aliphatic heterocycles. The molecule has 1 saturated heterocycles. The molecule has 0 unspecified atom stereocenters. The fourth-order valence-corrected chi connectivity index (χ4v) is 2.13. The zero-order chi connectivity index (χ0) is 13.3. The van der Waals surface area contributed by atoms with Crippen molar-refractivity contribution in [2.75, 3.05) is 11.4 Å². The number of carbonyl (C=O) groups is 2. The van der Waals surface area contributed by atoms with Gasteiger partial charge in [0.1, 0.15) is 0 Å². The van der Waals surface area contributed by atoms with E-state index in [4.69, 9.17) is 0 Å². The van der Waals surface area contributed by atoms with Gasteiger partial charge in [-0.15, -0.1) is 0 Å². The largest absolute Gasteiger partial charge is 0.331 e. The van der Waals surface area contributed by atoms with E-state index >= 15 is 0 Å². The van der Waals surface area contributed by atoms with Crippen LogP contribution in [-0.4, -0.2) is 29.4 Å². The summed E-state index contributed by atoms with van der Waals surface area (Å²) < 4.78 is 0. The summed E-state index contributed by atoms with van der Waals surface area (Å²) in [6.45, 7) is 6.18. The van der Waals surface area contributed by atoms with Crippen LogP contribution in [0.1, 0.15) is 25.8 Å². The first-order valence-electron chi connectivity index (χ1n) is 6.21. The summed E-state index contributed by atoms with van der Waals surface area (Å²) >= 11 is 0. The summed E-state index contributed by atoms with van der Waals surface area (Å²) in [5.41, 5.74) is 2.00. The predicted octanol–water partition coefficient (Wildman–Crippen LogP) is 2.56. The Kier molecular flexibility index (Phi) is 3.36. The quantitative estimate of drug-likeness (QED) is 0.804. The zero-order valence-electron chi connectivity index (χ0n) is 11.0. The molecule has 0 N–H and O–H groups in total. The molecule has 4 nitrogen and oxygen atoms in total. The summed E-state index contributed by atoms with van der Waals surface area (Å²) in [4.78, 5) is 27.1. The van der Waals surface area contributed by atoms with Gasteiger partial charge in [-0.05, 0) is 32.9 Å². The van der Waals surface area contributed by atoms with Crippen LogP contribution in [-0.2, 0) is 4.79 Å². The second kappa shape index (κ2) is 4.80. The molecule has 0 aliphatic carbocycles. The number of anilines is 1. The lowest BCUT2D eigenvalue weighted by Gasteiger charge is -2.36. The third-order valence-electron chi connectivity index (χ3n) is 3.12. The van der Waals surface area contributed by atoms with Crippen molar-refractivity contribution in [3.8, 4) is 0 Å². The van der Waals surface area contributed by atoms with Crippen LogP contribution in [0.25, 0.3) is 0 Å². The van der Waals surface area contributed by atoms with Crippen molar-refractivity contribution < 1.29 is 9.59 Å². The Balaban J connectivity index is 2.27. The third-order valence-corrected chi connectivity index (χ3v) is 3.12. The Bertz CT molecular complexity index is 465. The Morgan fingerprint density at radius 3 is 2.28 bits per heavy atom. The summed E-state index contributed by atoms with van der Waals surface area (Å²) in [7, 11) is 0. The van der Waals surface area contributed by atoms with E-state index < -0.39 is 0 Å². The minimum atomic E-state index is -0.217. The van der Waals surface area contributed by atoms with Gasteiger partial charge < -0.3 is 0 Å². The Morgan fingerprint density at radius 2 is 1.72 bits per heavy atom. The first kappa shape index (κ1) is 12.6. The van der Waals surface area contributed by atoms with Crippen LogP contribution in [0.2, 0.25) is 0 Å².